The predicted octanol–water partition coefficient (Wildman–Crippen LogP) is 8.22. The van der Waals surface area contributed by atoms with E-state index in [0.717, 1.165) is 11.3 Å². The highest BCUT2D eigenvalue weighted by molar-refractivity contribution is 7.54. The van der Waals surface area contributed by atoms with Gasteiger partial charge in [-0.2, -0.15) is 5.10 Å². The molecule has 1 N–H and O–H groups in total. The van der Waals surface area contributed by atoms with Crippen LogP contribution in [0.2, 0.25) is 10.0 Å². The molecule has 0 fully saturated rings. The minimum Gasteiger partial charge on any atom is -0.368 e. The van der Waals surface area contributed by atoms with E-state index < -0.39 is 13.4 Å². The molecule has 6 nitrogen and oxygen atoms in total. The number of para-hydroxylation sites is 1. The average molecular weight is 530 g/mol. The van der Waals surface area contributed by atoms with Gasteiger partial charge in [0, 0.05) is 33.1 Å². The fourth-order valence-electron chi connectivity index (χ4n) is 3.71. The van der Waals surface area contributed by atoms with Crippen LogP contribution in [0, 0.1) is 0 Å². The summed E-state index contributed by atoms with van der Waals surface area (Å²) in [6, 6.07) is 24.3. The van der Waals surface area contributed by atoms with E-state index in [9.17, 15) is 4.57 Å². The molecule has 4 rings (SSSR count). The van der Waals surface area contributed by atoms with Crippen LogP contribution in [0.25, 0.3) is 16.9 Å². The summed E-state index contributed by atoms with van der Waals surface area (Å²) in [5, 5.41) is 9.45. The third-order valence-corrected chi connectivity index (χ3v) is 8.04. The molecule has 0 saturated carbocycles. The van der Waals surface area contributed by atoms with Gasteiger partial charge in [-0.25, -0.2) is 4.68 Å². The molecule has 1 aromatic heterocycles. The number of hydrogen-bond acceptors (Lipinski definition) is 5. The largest absolute Gasteiger partial charge is 0.368 e. The van der Waals surface area contributed by atoms with Crippen molar-refractivity contribution in [3.8, 4) is 16.9 Å². The first-order valence-electron chi connectivity index (χ1n) is 11.3. The van der Waals surface area contributed by atoms with Gasteiger partial charge in [0.15, 0.2) is 5.78 Å². The van der Waals surface area contributed by atoms with Crippen LogP contribution < -0.4 is 5.32 Å². The maximum Gasteiger partial charge on any atom is 0.357 e. The van der Waals surface area contributed by atoms with Crippen LogP contribution in [0.1, 0.15) is 25.2 Å². The van der Waals surface area contributed by atoms with E-state index in [2.05, 4.69) is 5.32 Å². The first-order valence-corrected chi connectivity index (χ1v) is 13.6. The van der Waals surface area contributed by atoms with Gasteiger partial charge in [0.05, 0.1) is 24.6 Å². The molecule has 9 heteroatoms. The maximum absolute atomic E-state index is 14.2. The van der Waals surface area contributed by atoms with Crippen molar-refractivity contribution in [1.29, 1.82) is 0 Å². The Labute approximate surface area is 215 Å². The van der Waals surface area contributed by atoms with Gasteiger partial charge >= 0.3 is 7.60 Å². The van der Waals surface area contributed by atoms with Crippen LogP contribution in [0.4, 0.5) is 5.69 Å². The lowest BCUT2D eigenvalue weighted by molar-refractivity contribution is 0.214. The molecule has 182 valence electrons. The molecular formula is C26H26Cl2N3O3P. The Balaban J connectivity index is 1.91. The maximum atomic E-state index is 14.2. The Morgan fingerprint density at radius 2 is 1.46 bits per heavy atom. The lowest BCUT2D eigenvalue weighted by Gasteiger charge is -2.28. The van der Waals surface area contributed by atoms with Gasteiger partial charge in [0.2, 0.25) is 0 Å². The van der Waals surface area contributed by atoms with Crippen molar-refractivity contribution in [3.63, 3.8) is 0 Å². The van der Waals surface area contributed by atoms with Gasteiger partial charge in [-0.1, -0.05) is 53.5 Å². The van der Waals surface area contributed by atoms with E-state index in [-0.39, 0.29) is 13.2 Å². The fourth-order valence-corrected chi connectivity index (χ4v) is 5.89. The number of anilines is 1. The fraction of sp³-hybridized carbons (Fsp3) is 0.192. The number of aromatic nitrogens is 2. The molecule has 0 radical (unpaired) electrons. The highest BCUT2D eigenvalue weighted by Crippen LogP contribution is 2.62. The lowest BCUT2D eigenvalue weighted by atomic mass is 10.1. The van der Waals surface area contributed by atoms with Gasteiger partial charge in [-0.15, -0.1) is 0 Å². The number of rotatable bonds is 10. The molecule has 0 saturated heterocycles. The Kier molecular flexibility index (Phi) is 8.32. The van der Waals surface area contributed by atoms with Gasteiger partial charge in [0.1, 0.15) is 0 Å². The second kappa shape index (κ2) is 11.4. The van der Waals surface area contributed by atoms with E-state index in [1.54, 1.807) is 42.8 Å². The van der Waals surface area contributed by atoms with Gasteiger partial charge in [-0.3, -0.25) is 4.57 Å². The van der Waals surface area contributed by atoms with Crippen LogP contribution in [0.3, 0.4) is 0 Å². The van der Waals surface area contributed by atoms with Gasteiger partial charge in [0.25, 0.3) is 0 Å². The highest BCUT2D eigenvalue weighted by Gasteiger charge is 2.40. The summed E-state index contributed by atoms with van der Waals surface area (Å²) < 4.78 is 27.5. The smallest absolute Gasteiger partial charge is 0.357 e. The molecule has 1 unspecified atom stereocenters. The Morgan fingerprint density at radius 1 is 0.886 bits per heavy atom. The molecule has 0 aliphatic heterocycles. The number of nitrogens with one attached hydrogen (secondary N) is 1. The SMILES string of the molecule is CCOP(=O)(OCC)C(Nc1ccc(Cl)cc1)c1cn(-c2ccccc2)nc1-c1ccc(Cl)cc1. The van der Waals surface area contributed by atoms with Crippen LogP contribution in [0.15, 0.2) is 85.1 Å². The van der Waals surface area contributed by atoms with Gasteiger partial charge < -0.3 is 14.4 Å². The van der Waals surface area contributed by atoms with Gasteiger partial charge in [-0.05, 0) is 62.4 Å². The second-order valence-electron chi connectivity index (χ2n) is 7.65. The van der Waals surface area contributed by atoms with E-state index in [1.165, 1.54) is 0 Å². The number of benzene rings is 3. The first-order chi connectivity index (χ1) is 16.9. The van der Waals surface area contributed by atoms with Crippen molar-refractivity contribution >= 4 is 36.5 Å². The molecule has 1 atom stereocenters. The minimum atomic E-state index is -3.69. The van der Waals surface area contributed by atoms with E-state index >= 15 is 0 Å². The zero-order valence-corrected chi connectivity index (χ0v) is 21.8. The molecule has 0 amide bonds. The molecule has 3 aromatic carbocycles. The van der Waals surface area contributed by atoms with E-state index in [4.69, 9.17) is 37.3 Å². The Bertz CT molecular complexity index is 1290. The average Bonchev–Trinajstić information content (AvgIpc) is 3.30. The molecule has 1 heterocycles. The van der Waals surface area contributed by atoms with Crippen LogP contribution in [-0.4, -0.2) is 23.0 Å². The summed E-state index contributed by atoms with van der Waals surface area (Å²) in [6.45, 7) is 4.02. The molecule has 0 aliphatic carbocycles. The predicted molar refractivity (Wildman–Crippen MR) is 143 cm³/mol. The monoisotopic (exact) mass is 529 g/mol. The summed E-state index contributed by atoms with van der Waals surface area (Å²) >= 11 is 12.2. The van der Waals surface area contributed by atoms with Crippen molar-refractivity contribution in [1.82, 2.24) is 9.78 Å². The van der Waals surface area contributed by atoms with Crippen LogP contribution >= 0.6 is 30.8 Å². The third-order valence-electron chi connectivity index (χ3n) is 5.26. The topological polar surface area (TPSA) is 65.4 Å². The molecule has 0 aliphatic rings. The Hall–Kier alpha value is -2.60. The van der Waals surface area contributed by atoms with Crippen molar-refractivity contribution in [2.24, 2.45) is 0 Å². The second-order valence-corrected chi connectivity index (χ2v) is 10.6. The summed E-state index contributed by atoms with van der Waals surface area (Å²) in [4.78, 5) is 0. The Morgan fingerprint density at radius 3 is 2.03 bits per heavy atom. The normalized spacial score (nSPS) is 12.5. The summed E-state index contributed by atoms with van der Waals surface area (Å²) in [5.74, 6) is -0.841. The molecule has 0 spiro atoms. The summed E-state index contributed by atoms with van der Waals surface area (Å²) in [5.41, 5.74) is 3.70. The molecule has 0 bridgehead atoms. The zero-order valence-electron chi connectivity index (χ0n) is 19.4. The summed E-state index contributed by atoms with van der Waals surface area (Å²) in [7, 11) is -3.69. The van der Waals surface area contributed by atoms with Crippen molar-refractivity contribution in [2.45, 2.75) is 19.6 Å². The lowest BCUT2D eigenvalue weighted by Crippen LogP contribution is -2.15. The van der Waals surface area contributed by atoms with Crippen molar-refractivity contribution in [2.75, 3.05) is 18.5 Å². The third kappa shape index (κ3) is 5.97. The van der Waals surface area contributed by atoms with Crippen molar-refractivity contribution < 1.29 is 13.6 Å². The molecule has 35 heavy (non-hydrogen) atoms. The number of nitrogens with zero attached hydrogens (tertiary/aromatic N) is 2. The highest BCUT2D eigenvalue weighted by atomic mass is 35.5. The standard InChI is InChI=1S/C26H26Cl2N3O3P/c1-3-33-35(32,34-4-2)26(29-22-16-14-21(28)15-17-22)24-18-31(23-8-6-5-7-9-23)30-25(24)19-10-12-20(27)13-11-19/h5-18,26,29H,3-4H2,1-2H3. The summed E-state index contributed by atoms with van der Waals surface area (Å²) in [6.07, 6.45) is 1.86. The number of halogens is 2. The molecular weight excluding hydrogens is 504 g/mol. The molecule has 4 aromatic rings. The van der Waals surface area contributed by atoms with Crippen LogP contribution in [0.5, 0.6) is 0 Å². The number of hydrogen-bond donors (Lipinski definition) is 1. The van der Waals surface area contributed by atoms with E-state index in [0.29, 0.717) is 27.0 Å². The minimum absolute atomic E-state index is 0.221. The zero-order chi connectivity index (χ0) is 24.8. The van der Waals surface area contributed by atoms with Crippen molar-refractivity contribution in [3.05, 3.63) is 101 Å². The van der Waals surface area contributed by atoms with Crippen LogP contribution in [-0.2, 0) is 13.6 Å². The van der Waals surface area contributed by atoms with E-state index in [1.807, 2.05) is 60.8 Å². The quantitative estimate of drug-likeness (QED) is 0.209. The first kappa shape index (κ1) is 25.5.